The van der Waals surface area contributed by atoms with Crippen LogP contribution in [0, 0.1) is 23.1 Å². The number of aromatic nitrogens is 2. The minimum atomic E-state index is -4.66. The van der Waals surface area contributed by atoms with Gasteiger partial charge in [-0.3, -0.25) is 10.2 Å². The Labute approximate surface area is 179 Å². The number of ether oxygens (including phenoxy) is 1. The molecule has 31 heavy (non-hydrogen) atoms. The molecule has 0 aliphatic carbocycles. The van der Waals surface area contributed by atoms with Gasteiger partial charge in [-0.05, 0) is 20.9 Å². The summed E-state index contributed by atoms with van der Waals surface area (Å²) >= 11 is 6.05. The van der Waals surface area contributed by atoms with Gasteiger partial charge in [0.15, 0.2) is 11.9 Å². The Balaban J connectivity index is 2.64. The Morgan fingerprint density at radius 1 is 1.16 bits per heavy atom. The predicted molar refractivity (Wildman–Crippen MR) is 105 cm³/mol. The molecule has 0 bridgehead atoms. The summed E-state index contributed by atoms with van der Waals surface area (Å²) < 4.78 is 73.4. The van der Waals surface area contributed by atoms with Gasteiger partial charge in [-0.1, -0.05) is 11.6 Å². The van der Waals surface area contributed by atoms with Crippen molar-refractivity contribution in [2.45, 2.75) is 25.7 Å². The highest BCUT2D eigenvalue weighted by Crippen LogP contribution is 2.39. The number of anilines is 2. The molecule has 0 aliphatic rings. The fourth-order valence-corrected chi connectivity index (χ4v) is 2.60. The monoisotopic (exact) mass is 464 g/mol. The molecule has 2 rings (SSSR count). The number of hydrogen-bond acceptors (Lipinski definition) is 7. The van der Waals surface area contributed by atoms with Gasteiger partial charge in [-0.25, -0.2) is 8.78 Å². The first-order valence-electron chi connectivity index (χ1n) is 8.67. The SMILES string of the molecule is CNC(C)(C)Oc1cc(F)c(-c2c(Cl)nc(N(C)C#N)nc2NCC(F)(F)F)c(F)c1. The predicted octanol–water partition coefficient (Wildman–Crippen LogP) is 4.30. The summed E-state index contributed by atoms with van der Waals surface area (Å²) in [6.07, 6.45) is -3.01. The number of alkyl halides is 3. The van der Waals surface area contributed by atoms with Crippen LogP contribution in [0.2, 0.25) is 5.15 Å². The molecule has 2 N–H and O–H groups in total. The lowest BCUT2D eigenvalue weighted by Gasteiger charge is -2.26. The van der Waals surface area contributed by atoms with Crippen molar-refractivity contribution >= 4 is 23.4 Å². The fourth-order valence-electron chi connectivity index (χ4n) is 2.34. The molecule has 7 nitrogen and oxygen atoms in total. The van der Waals surface area contributed by atoms with Gasteiger partial charge in [0, 0.05) is 19.2 Å². The van der Waals surface area contributed by atoms with Crippen molar-refractivity contribution in [3.63, 3.8) is 0 Å². The van der Waals surface area contributed by atoms with Crippen LogP contribution in [0.3, 0.4) is 0 Å². The molecule has 168 valence electrons. The average Bonchev–Trinajstić information content (AvgIpc) is 2.65. The van der Waals surface area contributed by atoms with Crippen LogP contribution in [0.4, 0.5) is 33.7 Å². The highest BCUT2D eigenvalue weighted by Gasteiger charge is 2.30. The lowest BCUT2D eigenvalue weighted by Crippen LogP contribution is -2.42. The first-order chi connectivity index (χ1) is 14.3. The Bertz CT molecular complexity index is 985. The molecule has 0 unspecified atom stereocenters. The molecule has 1 aromatic heterocycles. The average molecular weight is 465 g/mol. The van der Waals surface area contributed by atoms with Gasteiger partial charge in [-0.2, -0.15) is 28.4 Å². The van der Waals surface area contributed by atoms with E-state index in [4.69, 9.17) is 21.6 Å². The van der Waals surface area contributed by atoms with Gasteiger partial charge in [0.05, 0.1) is 11.1 Å². The maximum Gasteiger partial charge on any atom is 0.405 e. The molecule has 0 atom stereocenters. The van der Waals surface area contributed by atoms with Crippen molar-refractivity contribution in [1.82, 2.24) is 15.3 Å². The molecule has 0 radical (unpaired) electrons. The molecule has 0 saturated heterocycles. The minimum Gasteiger partial charge on any atom is -0.473 e. The van der Waals surface area contributed by atoms with Gasteiger partial charge in [-0.15, -0.1) is 0 Å². The molecular weight excluding hydrogens is 447 g/mol. The second-order valence-corrected chi connectivity index (χ2v) is 7.15. The van der Waals surface area contributed by atoms with E-state index in [1.807, 2.05) is 5.32 Å². The minimum absolute atomic E-state index is 0.166. The van der Waals surface area contributed by atoms with E-state index in [-0.39, 0.29) is 11.7 Å². The largest absolute Gasteiger partial charge is 0.473 e. The summed E-state index contributed by atoms with van der Waals surface area (Å²) in [5.74, 6) is -3.46. The van der Waals surface area contributed by atoms with Crippen LogP contribution in [0.25, 0.3) is 11.1 Å². The van der Waals surface area contributed by atoms with E-state index in [0.717, 1.165) is 17.0 Å². The molecular formula is C18H18ClF5N6O. The smallest absolute Gasteiger partial charge is 0.405 e. The number of nitrogens with zero attached hydrogens (tertiary/aromatic N) is 4. The molecule has 1 aromatic carbocycles. The van der Waals surface area contributed by atoms with Gasteiger partial charge < -0.3 is 10.1 Å². The summed E-state index contributed by atoms with van der Waals surface area (Å²) in [5.41, 5.74) is -2.24. The van der Waals surface area contributed by atoms with E-state index in [9.17, 15) is 22.0 Å². The maximum atomic E-state index is 14.9. The summed E-state index contributed by atoms with van der Waals surface area (Å²) in [5, 5.41) is 13.2. The van der Waals surface area contributed by atoms with Gasteiger partial charge >= 0.3 is 6.18 Å². The van der Waals surface area contributed by atoms with Crippen molar-refractivity contribution in [3.8, 4) is 23.1 Å². The molecule has 2 aromatic rings. The third kappa shape index (κ3) is 6.05. The van der Waals surface area contributed by atoms with Gasteiger partial charge in [0.2, 0.25) is 5.95 Å². The third-order valence-corrected chi connectivity index (χ3v) is 4.27. The maximum absolute atomic E-state index is 14.9. The highest BCUT2D eigenvalue weighted by atomic mass is 35.5. The number of benzene rings is 1. The standard InChI is InChI=1S/C18H18ClF5N6O/c1-17(2,26-3)31-9-5-10(20)12(11(21)6-9)13-14(19)28-16(30(4)8-25)29-15(13)27-7-18(22,23)24/h5-6,26H,7H2,1-4H3,(H,27,28,29). The molecule has 0 aliphatic heterocycles. The first-order valence-corrected chi connectivity index (χ1v) is 9.04. The zero-order valence-corrected chi connectivity index (χ0v) is 17.6. The van der Waals surface area contributed by atoms with Crippen LogP contribution in [0.1, 0.15) is 13.8 Å². The third-order valence-electron chi connectivity index (χ3n) is 4.00. The lowest BCUT2D eigenvalue weighted by atomic mass is 10.1. The topological polar surface area (TPSA) is 86.1 Å². The van der Waals surface area contributed by atoms with Crippen molar-refractivity contribution < 1.29 is 26.7 Å². The molecule has 1 heterocycles. The summed E-state index contributed by atoms with van der Waals surface area (Å²) in [7, 11) is 2.81. The zero-order valence-electron chi connectivity index (χ0n) is 16.8. The molecule has 0 fully saturated rings. The van der Waals surface area contributed by atoms with Gasteiger partial charge in [0.25, 0.3) is 0 Å². The van der Waals surface area contributed by atoms with Gasteiger partial charge in [0.1, 0.15) is 34.9 Å². The number of halogens is 6. The van der Waals surface area contributed by atoms with Crippen LogP contribution >= 0.6 is 11.6 Å². The molecule has 0 spiro atoms. The van der Waals surface area contributed by atoms with Crippen LogP contribution in [0.5, 0.6) is 5.75 Å². The molecule has 0 amide bonds. The van der Waals surface area contributed by atoms with Crippen LogP contribution in [-0.4, -0.2) is 42.5 Å². The van der Waals surface area contributed by atoms with E-state index in [2.05, 4.69) is 15.3 Å². The first kappa shape index (κ1) is 24.4. The van der Waals surface area contributed by atoms with E-state index >= 15 is 0 Å². The zero-order chi connectivity index (χ0) is 23.6. The Kier molecular flexibility index (Phi) is 7.13. The second-order valence-electron chi connectivity index (χ2n) is 6.79. The Morgan fingerprint density at radius 3 is 2.23 bits per heavy atom. The fraction of sp³-hybridized carbons (Fsp3) is 0.389. The van der Waals surface area contributed by atoms with Crippen LogP contribution < -0.4 is 20.3 Å². The van der Waals surface area contributed by atoms with Crippen LogP contribution in [0.15, 0.2) is 12.1 Å². The van der Waals surface area contributed by atoms with Crippen molar-refractivity contribution in [2.75, 3.05) is 30.9 Å². The Morgan fingerprint density at radius 2 is 1.74 bits per heavy atom. The number of hydrogen-bond donors (Lipinski definition) is 2. The quantitative estimate of drug-likeness (QED) is 0.208. The summed E-state index contributed by atoms with van der Waals surface area (Å²) in [4.78, 5) is 8.37. The molecule has 13 heteroatoms. The number of rotatable bonds is 7. The number of nitriles is 1. The van der Waals surface area contributed by atoms with E-state index < -0.39 is 52.2 Å². The Hall–Kier alpha value is -2.91. The van der Waals surface area contributed by atoms with E-state index in [1.165, 1.54) is 7.05 Å². The molecule has 0 saturated carbocycles. The van der Waals surface area contributed by atoms with Crippen molar-refractivity contribution in [3.05, 3.63) is 28.9 Å². The normalized spacial score (nSPS) is 11.8. The van der Waals surface area contributed by atoms with E-state index in [0.29, 0.717) is 0 Å². The van der Waals surface area contributed by atoms with Crippen molar-refractivity contribution in [2.24, 2.45) is 0 Å². The van der Waals surface area contributed by atoms with Crippen molar-refractivity contribution in [1.29, 1.82) is 5.26 Å². The highest BCUT2D eigenvalue weighted by molar-refractivity contribution is 6.32. The summed E-state index contributed by atoms with van der Waals surface area (Å²) in [6.45, 7) is 1.67. The lowest BCUT2D eigenvalue weighted by molar-refractivity contribution is -0.115. The summed E-state index contributed by atoms with van der Waals surface area (Å²) in [6, 6.07) is 1.72. The van der Waals surface area contributed by atoms with E-state index in [1.54, 1.807) is 27.1 Å². The number of nitrogens with one attached hydrogen (secondary N) is 2. The second kappa shape index (κ2) is 9.07. The van der Waals surface area contributed by atoms with Crippen LogP contribution in [-0.2, 0) is 0 Å².